The van der Waals surface area contributed by atoms with Crippen LogP contribution in [0.2, 0.25) is 0 Å². The highest BCUT2D eigenvalue weighted by atomic mass is 16.7. The predicted octanol–water partition coefficient (Wildman–Crippen LogP) is 13.9. The van der Waals surface area contributed by atoms with E-state index >= 15 is 0 Å². The van der Waals surface area contributed by atoms with Crippen molar-refractivity contribution in [1.29, 1.82) is 0 Å². The van der Waals surface area contributed by atoms with E-state index in [1.165, 1.54) is 44.9 Å². The number of ether oxygens (including phenoxy) is 2. The van der Waals surface area contributed by atoms with E-state index in [4.69, 9.17) is 9.47 Å². The van der Waals surface area contributed by atoms with Crippen LogP contribution in [0.1, 0.15) is 187 Å². The first kappa shape index (κ1) is 66.1. The molecule has 9 nitrogen and oxygen atoms in total. The van der Waals surface area contributed by atoms with Gasteiger partial charge in [-0.1, -0.05) is 224 Å². The maximum Gasteiger partial charge on any atom is 0.220 e. The fraction of sp³-hybridized carbons (Fsp3) is 0.603. The van der Waals surface area contributed by atoms with Gasteiger partial charge in [-0.15, -0.1) is 0 Å². The Morgan fingerprint density at radius 2 is 0.861 bits per heavy atom. The van der Waals surface area contributed by atoms with E-state index in [1.54, 1.807) is 0 Å². The molecule has 0 saturated carbocycles. The summed E-state index contributed by atoms with van der Waals surface area (Å²) < 4.78 is 11.2. The summed E-state index contributed by atoms with van der Waals surface area (Å²) in [4.78, 5) is 13.0. The predicted molar refractivity (Wildman–Crippen MR) is 303 cm³/mol. The molecule has 0 aromatic carbocycles. The van der Waals surface area contributed by atoms with Gasteiger partial charge in [-0.25, -0.2) is 0 Å². The molecule has 72 heavy (non-hydrogen) atoms. The van der Waals surface area contributed by atoms with E-state index in [0.717, 1.165) is 109 Å². The Labute approximate surface area is 438 Å². The Morgan fingerprint density at radius 1 is 0.486 bits per heavy atom. The first-order chi connectivity index (χ1) is 35.3. The van der Waals surface area contributed by atoms with Gasteiger partial charge in [0.15, 0.2) is 6.29 Å². The minimum Gasteiger partial charge on any atom is -0.394 e. The summed E-state index contributed by atoms with van der Waals surface area (Å²) in [6.07, 6.45) is 71.7. The van der Waals surface area contributed by atoms with Crippen molar-refractivity contribution in [1.82, 2.24) is 5.32 Å². The summed E-state index contributed by atoms with van der Waals surface area (Å²) >= 11 is 0. The smallest absolute Gasteiger partial charge is 0.220 e. The lowest BCUT2D eigenvalue weighted by atomic mass is 9.99. The zero-order valence-electron chi connectivity index (χ0n) is 44.9. The Balaban J connectivity index is 2.20. The molecule has 406 valence electrons. The van der Waals surface area contributed by atoms with Crippen LogP contribution in [0, 0.1) is 0 Å². The second-order valence-electron chi connectivity index (χ2n) is 18.6. The molecule has 1 aliphatic heterocycles. The number of allylic oxidation sites excluding steroid dienone is 24. The average Bonchev–Trinajstić information content (AvgIpc) is 3.38. The molecule has 0 aromatic rings. The number of carbonyl (C=O) groups is 1. The first-order valence-electron chi connectivity index (χ1n) is 28.0. The summed E-state index contributed by atoms with van der Waals surface area (Å²) in [5, 5.41) is 54.3. The van der Waals surface area contributed by atoms with Crippen LogP contribution in [0.25, 0.3) is 0 Å². The van der Waals surface area contributed by atoms with Crippen molar-refractivity contribution in [2.45, 2.75) is 230 Å². The molecule has 7 unspecified atom stereocenters. The Kier molecular flexibility index (Phi) is 46.4. The molecule has 1 saturated heterocycles. The summed E-state index contributed by atoms with van der Waals surface area (Å²) in [5.74, 6) is -0.195. The third-order valence-electron chi connectivity index (χ3n) is 12.2. The number of hydrogen-bond donors (Lipinski definition) is 6. The third-order valence-corrected chi connectivity index (χ3v) is 12.2. The molecular formula is C63H101NO8. The van der Waals surface area contributed by atoms with Gasteiger partial charge in [0.25, 0.3) is 0 Å². The molecule has 1 heterocycles. The summed E-state index contributed by atoms with van der Waals surface area (Å²) in [5.41, 5.74) is 0. The lowest BCUT2D eigenvalue weighted by Crippen LogP contribution is -2.60. The van der Waals surface area contributed by atoms with Crippen molar-refractivity contribution in [3.63, 3.8) is 0 Å². The molecule has 1 aliphatic rings. The van der Waals surface area contributed by atoms with Crippen molar-refractivity contribution in [3.05, 3.63) is 146 Å². The van der Waals surface area contributed by atoms with E-state index in [0.29, 0.717) is 19.3 Å². The maximum absolute atomic E-state index is 13.0. The summed E-state index contributed by atoms with van der Waals surface area (Å²) in [6.45, 7) is 3.65. The molecule has 0 aromatic heterocycles. The van der Waals surface area contributed by atoms with Gasteiger partial charge in [-0.3, -0.25) is 4.79 Å². The molecule has 7 atom stereocenters. The minimum absolute atomic E-state index is 0.166. The number of amides is 1. The molecular weight excluding hydrogens is 899 g/mol. The van der Waals surface area contributed by atoms with E-state index in [2.05, 4.69) is 165 Å². The Morgan fingerprint density at radius 3 is 1.25 bits per heavy atom. The van der Waals surface area contributed by atoms with Crippen LogP contribution in [0.3, 0.4) is 0 Å². The summed E-state index contributed by atoms with van der Waals surface area (Å²) in [6, 6.07) is -0.751. The van der Waals surface area contributed by atoms with Gasteiger partial charge in [-0.05, 0) is 103 Å². The molecule has 6 N–H and O–H groups in total. The Hall–Kier alpha value is -3.93. The molecule has 0 radical (unpaired) electrons. The molecule has 0 spiro atoms. The number of nitrogens with one attached hydrogen (secondary N) is 1. The van der Waals surface area contributed by atoms with Crippen molar-refractivity contribution < 1.29 is 39.8 Å². The minimum atomic E-state index is -1.57. The van der Waals surface area contributed by atoms with E-state index in [9.17, 15) is 30.3 Å². The van der Waals surface area contributed by atoms with Crippen molar-refractivity contribution >= 4 is 5.91 Å². The largest absolute Gasteiger partial charge is 0.394 e. The normalized spacial score (nSPS) is 20.3. The van der Waals surface area contributed by atoms with Gasteiger partial charge in [-0.2, -0.15) is 0 Å². The Bertz CT molecular complexity index is 1630. The van der Waals surface area contributed by atoms with Crippen LogP contribution in [-0.2, 0) is 14.3 Å². The van der Waals surface area contributed by atoms with Crippen LogP contribution >= 0.6 is 0 Å². The lowest BCUT2D eigenvalue weighted by Gasteiger charge is -2.40. The quantitative estimate of drug-likeness (QED) is 0.0261. The van der Waals surface area contributed by atoms with E-state index in [-0.39, 0.29) is 12.5 Å². The zero-order valence-corrected chi connectivity index (χ0v) is 44.9. The molecule has 0 bridgehead atoms. The summed E-state index contributed by atoms with van der Waals surface area (Å²) in [7, 11) is 0. The number of aliphatic hydroxyl groups excluding tert-OH is 5. The van der Waals surface area contributed by atoms with Crippen LogP contribution in [0.4, 0.5) is 0 Å². The van der Waals surface area contributed by atoms with Gasteiger partial charge in [0.2, 0.25) is 5.91 Å². The van der Waals surface area contributed by atoms with Crippen molar-refractivity contribution in [3.8, 4) is 0 Å². The van der Waals surface area contributed by atoms with Crippen molar-refractivity contribution in [2.75, 3.05) is 13.2 Å². The van der Waals surface area contributed by atoms with E-state index < -0.39 is 49.5 Å². The highest BCUT2D eigenvalue weighted by molar-refractivity contribution is 5.76. The lowest BCUT2D eigenvalue weighted by molar-refractivity contribution is -0.302. The van der Waals surface area contributed by atoms with Crippen LogP contribution in [0.15, 0.2) is 146 Å². The van der Waals surface area contributed by atoms with Gasteiger partial charge in [0, 0.05) is 6.42 Å². The molecule has 9 heteroatoms. The van der Waals surface area contributed by atoms with Gasteiger partial charge < -0.3 is 40.3 Å². The van der Waals surface area contributed by atoms with Crippen molar-refractivity contribution in [2.24, 2.45) is 0 Å². The fourth-order valence-corrected chi connectivity index (χ4v) is 7.79. The number of rotatable bonds is 45. The monoisotopic (exact) mass is 1000 g/mol. The maximum atomic E-state index is 13.0. The highest BCUT2D eigenvalue weighted by Gasteiger charge is 2.44. The SMILES string of the molecule is CC/C=C\C/C=C\C/C=C\C/C=C\C/C=C\C/C=C\C/C=C\C/C=C\C/C=C\C/C=C\C/C=C\C/C=C\CCCCC(=O)NC(COC1OC(CO)C(O)C(O)C1O)C(O)CCCCCCCCCCCC. The number of hydrogen-bond acceptors (Lipinski definition) is 8. The first-order valence-corrected chi connectivity index (χ1v) is 28.0. The number of carbonyl (C=O) groups excluding carboxylic acids is 1. The molecule has 1 fully saturated rings. The van der Waals surface area contributed by atoms with Crippen LogP contribution < -0.4 is 5.32 Å². The van der Waals surface area contributed by atoms with Gasteiger partial charge in [0.1, 0.15) is 24.4 Å². The highest BCUT2D eigenvalue weighted by Crippen LogP contribution is 2.23. The van der Waals surface area contributed by atoms with Crippen LogP contribution in [0.5, 0.6) is 0 Å². The second-order valence-corrected chi connectivity index (χ2v) is 18.6. The van der Waals surface area contributed by atoms with Crippen LogP contribution in [-0.4, -0.2) is 87.5 Å². The molecule has 0 aliphatic carbocycles. The number of unbranched alkanes of at least 4 members (excludes halogenated alkanes) is 11. The molecule has 1 amide bonds. The second kappa shape index (κ2) is 50.6. The standard InChI is InChI=1S/C63H101NO8/c1-3-5-7-9-11-13-15-16-17-18-19-20-21-22-23-24-25-26-27-28-29-30-31-32-33-34-35-36-37-38-39-40-41-42-43-45-47-49-51-53-59(67)64-56(55-71-63-62(70)61(69)60(68)58(54-65)72-63)57(66)52-50-48-46-44-14-12-10-8-6-4-2/h5,7,11,13,16-17,19-20,22-23,25-26,28-29,31-32,34-35,37-38,40-41,43,45,56-58,60-63,65-66,68-70H,3-4,6,8-10,12,14-15,18,21,24,27,30,33,36,39,42,44,46-55H2,1-2H3,(H,64,67)/b7-5-,13-11-,17-16-,20-19-,23-22-,26-25-,29-28-,32-31-,35-34-,38-37-,41-40-,45-43-. The topological polar surface area (TPSA) is 149 Å². The zero-order chi connectivity index (χ0) is 52.2. The fourth-order valence-electron chi connectivity index (χ4n) is 7.79. The number of aliphatic hydroxyl groups is 5. The van der Waals surface area contributed by atoms with Gasteiger partial charge >= 0.3 is 0 Å². The molecule has 1 rings (SSSR count). The third kappa shape index (κ3) is 39.6. The van der Waals surface area contributed by atoms with Gasteiger partial charge in [0.05, 0.1) is 25.4 Å². The van der Waals surface area contributed by atoms with E-state index in [1.807, 2.05) is 0 Å². The average molecular weight is 1000 g/mol.